The smallest absolute Gasteiger partial charge is 0.248 e. The van der Waals surface area contributed by atoms with Gasteiger partial charge < -0.3 is 19.8 Å². The number of halogens is 1. The van der Waals surface area contributed by atoms with Crippen LogP contribution in [0.3, 0.4) is 0 Å². The Morgan fingerprint density at radius 2 is 1.68 bits per heavy atom. The topological polar surface area (TPSA) is 80.6 Å². The van der Waals surface area contributed by atoms with Gasteiger partial charge in [-0.15, -0.1) is 0 Å². The number of benzene rings is 3. The van der Waals surface area contributed by atoms with Gasteiger partial charge in [0.15, 0.2) is 0 Å². The summed E-state index contributed by atoms with van der Waals surface area (Å²) in [7, 11) is 1.55. The van der Waals surface area contributed by atoms with Gasteiger partial charge in [0, 0.05) is 47.0 Å². The van der Waals surface area contributed by atoms with E-state index in [9.17, 15) is 14.0 Å². The number of amides is 2. The fourth-order valence-electron chi connectivity index (χ4n) is 3.72. The maximum atomic E-state index is 13.4. The molecular formula is C27H23FN2O4. The lowest BCUT2D eigenvalue weighted by atomic mass is 9.99. The van der Waals surface area contributed by atoms with E-state index in [1.807, 2.05) is 13.0 Å². The van der Waals surface area contributed by atoms with E-state index >= 15 is 0 Å². The van der Waals surface area contributed by atoms with Crippen LogP contribution in [0, 0.1) is 5.82 Å². The molecule has 0 spiro atoms. The van der Waals surface area contributed by atoms with Gasteiger partial charge in [0.1, 0.15) is 17.1 Å². The Kier molecular flexibility index (Phi) is 6.45. The molecule has 0 radical (unpaired) electrons. The van der Waals surface area contributed by atoms with Gasteiger partial charge in [-0.3, -0.25) is 9.59 Å². The van der Waals surface area contributed by atoms with Gasteiger partial charge in [-0.05, 0) is 54.5 Å². The molecule has 1 heterocycles. The van der Waals surface area contributed by atoms with E-state index in [0.717, 1.165) is 22.1 Å². The van der Waals surface area contributed by atoms with E-state index < -0.39 is 0 Å². The van der Waals surface area contributed by atoms with Crippen molar-refractivity contribution in [2.24, 2.45) is 0 Å². The zero-order valence-corrected chi connectivity index (χ0v) is 18.9. The van der Waals surface area contributed by atoms with Crippen LogP contribution in [0.5, 0.6) is 5.75 Å². The van der Waals surface area contributed by atoms with Gasteiger partial charge in [0.05, 0.1) is 13.4 Å². The number of methoxy groups -OCH3 is 1. The second-order valence-corrected chi connectivity index (χ2v) is 7.78. The Hall–Kier alpha value is -4.39. The van der Waals surface area contributed by atoms with Crippen molar-refractivity contribution in [3.05, 3.63) is 84.4 Å². The molecule has 4 aromatic rings. The lowest BCUT2D eigenvalue weighted by Crippen LogP contribution is -2.10. The monoisotopic (exact) mass is 458 g/mol. The van der Waals surface area contributed by atoms with Crippen LogP contribution in [0.4, 0.5) is 15.8 Å². The summed E-state index contributed by atoms with van der Waals surface area (Å²) in [6.07, 6.45) is 3.10. The molecule has 0 saturated heterocycles. The third-order valence-electron chi connectivity index (χ3n) is 5.27. The molecule has 7 heteroatoms. The van der Waals surface area contributed by atoms with Gasteiger partial charge in [0.25, 0.3) is 0 Å². The minimum absolute atomic E-state index is 0.194. The summed E-state index contributed by atoms with van der Waals surface area (Å²) in [5, 5.41) is 6.31. The highest BCUT2D eigenvalue weighted by Crippen LogP contribution is 2.37. The van der Waals surface area contributed by atoms with Crippen LogP contribution in [0.2, 0.25) is 0 Å². The van der Waals surface area contributed by atoms with Crippen molar-refractivity contribution in [1.29, 1.82) is 0 Å². The molecule has 0 fully saturated rings. The molecule has 0 saturated carbocycles. The minimum atomic E-state index is -0.328. The second kappa shape index (κ2) is 9.62. The molecule has 0 unspecified atom stereocenters. The van der Waals surface area contributed by atoms with Crippen molar-refractivity contribution in [2.45, 2.75) is 13.8 Å². The minimum Gasteiger partial charge on any atom is -0.496 e. The molecule has 34 heavy (non-hydrogen) atoms. The molecule has 6 nitrogen and oxygen atoms in total. The largest absolute Gasteiger partial charge is 0.496 e. The summed E-state index contributed by atoms with van der Waals surface area (Å²) in [6.45, 7) is 3.23. The van der Waals surface area contributed by atoms with E-state index in [-0.39, 0.29) is 17.6 Å². The molecule has 0 aliphatic heterocycles. The van der Waals surface area contributed by atoms with Crippen molar-refractivity contribution in [2.75, 3.05) is 17.7 Å². The fraction of sp³-hybridized carbons (Fsp3) is 0.111. The number of rotatable bonds is 6. The number of fused-ring (bicyclic) bond motifs is 1. The normalized spacial score (nSPS) is 11.4. The van der Waals surface area contributed by atoms with Crippen molar-refractivity contribution in [3.63, 3.8) is 0 Å². The van der Waals surface area contributed by atoms with E-state index in [2.05, 4.69) is 10.6 Å². The fourth-order valence-corrected chi connectivity index (χ4v) is 3.72. The van der Waals surface area contributed by atoms with Gasteiger partial charge in [-0.2, -0.15) is 0 Å². The van der Waals surface area contributed by atoms with E-state index in [4.69, 9.17) is 9.15 Å². The number of furan rings is 1. The lowest BCUT2D eigenvalue weighted by molar-refractivity contribution is -0.114. The highest BCUT2D eigenvalue weighted by Gasteiger charge is 2.15. The molecule has 2 N–H and O–H groups in total. The number of allylic oxidation sites excluding steroid dienone is 1. The molecule has 4 rings (SSSR count). The highest BCUT2D eigenvalue weighted by atomic mass is 19.1. The van der Waals surface area contributed by atoms with Crippen molar-refractivity contribution < 1.29 is 23.1 Å². The van der Waals surface area contributed by atoms with Gasteiger partial charge in [-0.1, -0.05) is 18.2 Å². The first kappa shape index (κ1) is 22.8. The number of hydrogen-bond acceptors (Lipinski definition) is 4. The van der Waals surface area contributed by atoms with Crippen LogP contribution < -0.4 is 15.4 Å². The third-order valence-corrected chi connectivity index (χ3v) is 5.27. The van der Waals surface area contributed by atoms with Gasteiger partial charge in [0.2, 0.25) is 11.8 Å². The van der Waals surface area contributed by atoms with Crippen molar-refractivity contribution in [1.82, 2.24) is 0 Å². The standard InChI is InChI=1S/C27H23FN2O4/c1-16(11-27(32)30-21-6-4-5-20(12-21)29-17(2)31)22-13-23-24(18-7-9-19(28)10-8-18)15-34-26(23)14-25(22)33-3/h4-15H,1-3H3,(H,29,31)(H,30,32)/b16-11+. The Balaban J connectivity index is 1.65. The average molecular weight is 458 g/mol. The summed E-state index contributed by atoms with van der Waals surface area (Å²) in [6, 6.07) is 16.7. The first-order valence-corrected chi connectivity index (χ1v) is 10.6. The van der Waals surface area contributed by atoms with E-state index in [1.54, 1.807) is 55.8 Å². The van der Waals surface area contributed by atoms with Crippen molar-refractivity contribution >= 4 is 39.7 Å². The Labute approximate surface area is 196 Å². The predicted molar refractivity (Wildman–Crippen MR) is 131 cm³/mol. The number of hydrogen-bond donors (Lipinski definition) is 2. The van der Waals surface area contributed by atoms with Crippen LogP contribution in [0.15, 0.2) is 77.4 Å². The van der Waals surface area contributed by atoms with E-state index in [1.165, 1.54) is 25.1 Å². The molecule has 0 aliphatic rings. The Morgan fingerprint density at radius 3 is 2.35 bits per heavy atom. The quantitative estimate of drug-likeness (QED) is 0.335. The summed E-state index contributed by atoms with van der Waals surface area (Å²) in [4.78, 5) is 24.0. The molecule has 2 amide bonds. The number of nitrogens with one attached hydrogen (secondary N) is 2. The first-order valence-electron chi connectivity index (χ1n) is 10.6. The van der Waals surface area contributed by atoms with Crippen LogP contribution in [0.1, 0.15) is 19.4 Å². The Bertz CT molecular complexity index is 1400. The summed E-state index contributed by atoms with van der Waals surface area (Å²) in [5.74, 6) is -0.278. The number of carbonyl (C=O) groups is 2. The number of carbonyl (C=O) groups excluding carboxylic acids is 2. The second-order valence-electron chi connectivity index (χ2n) is 7.78. The summed E-state index contributed by atoms with van der Waals surface area (Å²) >= 11 is 0. The lowest BCUT2D eigenvalue weighted by Gasteiger charge is -2.11. The van der Waals surface area contributed by atoms with Crippen LogP contribution in [0.25, 0.3) is 27.7 Å². The maximum Gasteiger partial charge on any atom is 0.248 e. The molecule has 0 bridgehead atoms. The molecule has 172 valence electrons. The van der Waals surface area contributed by atoms with Crippen molar-refractivity contribution in [3.8, 4) is 16.9 Å². The first-order chi connectivity index (χ1) is 16.3. The van der Waals surface area contributed by atoms with Crippen LogP contribution in [-0.4, -0.2) is 18.9 Å². The average Bonchev–Trinajstić information content (AvgIpc) is 3.21. The van der Waals surface area contributed by atoms with E-state index in [0.29, 0.717) is 28.3 Å². The predicted octanol–water partition coefficient (Wildman–Crippen LogP) is 6.25. The zero-order valence-electron chi connectivity index (χ0n) is 18.9. The molecule has 1 aromatic heterocycles. The maximum absolute atomic E-state index is 13.4. The molecular weight excluding hydrogens is 435 g/mol. The Morgan fingerprint density at radius 1 is 0.971 bits per heavy atom. The molecule has 0 aliphatic carbocycles. The summed E-state index contributed by atoms with van der Waals surface area (Å²) in [5.41, 5.74) is 4.79. The van der Waals surface area contributed by atoms with Crippen LogP contribution >= 0.6 is 0 Å². The van der Waals surface area contributed by atoms with Gasteiger partial charge >= 0.3 is 0 Å². The van der Waals surface area contributed by atoms with Crippen LogP contribution in [-0.2, 0) is 9.59 Å². The number of ether oxygens (including phenoxy) is 1. The number of anilines is 2. The zero-order chi connectivity index (χ0) is 24.2. The highest BCUT2D eigenvalue weighted by molar-refractivity contribution is 6.05. The summed E-state index contributed by atoms with van der Waals surface area (Å²) < 4.78 is 24.6. The third kappa shape index (κ3) is 4.99. The molecule has 3 aromatic carbocycles. The van der Waals surface area contributed by atoms with Gasteiger partial charge in [-0.25, -0.2) is 4.39 Å². The molecule has 0 atom stereocenters. The SMILES string of the molecule is COc1cc2occ(-c3ccc(F)cc3)c2cc1/C(C)=C/C(=O)Nc1cccc(NC(C)=O)c1.